The Balaban J connectivity index is 0.00000200. The van der Waals surface area contributed by atoms with Crippen LogP contribution in [0.25, 0.3) is 0 Å². The molecule has 1 atom stereocenters. The SMILES string of the molecule is CNCCCC(=O)NC(c1ccc(Cl)cc1)C1CC1.Cl. The number of hydrogen-bond acceptors (Lipinski definition) is 2. The minimum atomic E-state index is 0. The smallest absolute Gasteiger partial charge is 0.220 e. The highest BCUT2D eigenvalue weighted by Crippen LogP contribution is 2.41. The van der Waals surface area contributed by atoms with E-state index in [1.807, 2.05) is 31.3 Å². The van der Waals surface area contributed by atoms with Gasteiger partial charge in [-0.05, 0) is 56.5 Å². The molecule has 20 heavy (non-hydrogen) atoms. The van der Waals surface area contributed by atoms with Gasteiger partial charge in [0.25, 0.3) is 0 Å². The lowest BCUT2D eigenvalue weighted by atomic mass is 10.0. The van der Waals surface area contributed by atoms with E-state index < -0.39 is 0 Å². The molecule has 0 aliphatic heterocycles. The summed E-state index contributed by atoms with van der Waals surface area (Å²) in [7, 11) is 1.90. The van der Waals surface area contributed by atoms with Gasteiger partial charge in [-0.15, -0.1) is 12.4 Å². The van der Waals surface area contributed by atoms with E-state index in [-0.39, 0.29) is 24.4 Å². The fraction of sp³-hybridized carbons (Fsp3) is 0.533. The summed E-state index contributed by atoms with van der Waals surface area (Å²) in [5, 5.41) is 6.95. The van der Waals surface area contributed by atoms with Crippen molar-refractivity contribution in [1.29, 1.82) is 0 Å². The van der Waals surface area contributed by atoms with Gasteiger partial charge in [0.2, 0.25) is 5.91 Å². The minimum Gasteiger partial charge on any atom is -0.349 e. The number of carbonyl (C=O) groups excluding carboxylic acids is 1. The summed E-state index contributed by atoms with van der Waals surface area (Å²) in [6, 6.07) is 7.96. The molecule has 0 heterocycles. The molecule has 1 aromatic rings. The van der Waals surface area contributed by atoms with Gasteiger partial charge in [-0.2, -0.15) is 0 Å². The van der Waals surface area contributed by atoms with Gasteiger partial charge in [0.1, 0.15) is 0 Å². The van der Waals surface area contributed by atoms with Crippen molar-refractivity contribution in [2.75, 3.05) is 13.6 Å². The lowest BCUT2D eigenvalue weighted by Gasteiger charge is -2.19. The Kier molecular flexibility index (Phi) is 7.35. The molecule has 1 fully saturated rings. The molecule has 0 radical (unpaired) electrons. The van der Waals surface area contributed by atoms with Crippen LogP contribution < -0.4 is 10.6 Å². The molecule has 1 aromatic carbocycles. The van der Waals surface area contributed by atoms with E-state index in [0.717, 1.165) is 23.6 Å². The molecule has 0 saturated heterocycles. The first kappa shape index (κ1) is 17.3. The van der Waals surface area contributed by atoms with Crippen LogP contribution in [0.3, 0.4) is 0 Å². The fourth-order valence-corrected chi connectivity index (χ4v) is 2.37. The van der Waals surface area contributed by atoms with Gasteiger partial charge >= 0.3 is 0 Å². The van der Waals surface area contributed by atoms with E-state index in [4.69, 9.17) is 11.6 Å². The molecule has 1 aliphatic rings. The van der Waals surface area contributed by atoms with Crippen LogP contribution in [0.1, 0.15) is 37.3 Å². The van der Waals surface area contributed by atoms with Gasteiger partial charge in [-0.1, -0.05) is 23.7 Å². The van der Waals surface area contributed by atoms with Crippen molar-refractivity contribution in [3.05, 3.63) is 34.9 Å². The highest BCUT2D eigenvalue weighted by atomic mass is 35.5. The number of carbonyl (C=O) groups is 1. The van der Waals surface area contributed by atoms with Crippen molar-refractivity contribution in [2.24, 2.45) is 5.92 Å². The van der Waals surface area contributed by atoms with E-state index in [0.29, 0.717) is 12.3 Å². The van der Waals surface area contributed by atoms with E-state index in [1.54, 1.807) is 0 Å². The van der Waals surface area contributed by atoms with Crippen LogP contribution in [0.15, 0.2) is 24.3 Å². The van der Waals surface area contributed by atoms with Crippen LogP contribution in [-0.4, -0.2) is 19.5 Å². The molecule has 1 aliphatic carbocycles. The third kappa shape index (κ3) is 5.31. The maximum Gasteiger partial charge on any atom is 0.220 e. The third-order valence-corrected chi connectivity index (χ3v) is 3.72. The predicted octanol–water partition coefficient (Wildman–Crippen LogP) is 3.33. The van der Waals surface area contributed by atoms with Crippen molar-refractivity contribution in [2.45, 2.75) is 31.7 Å². The Bertz CT molecular complexity index is 418. The first-order valence-corrected chi connectivity index (χ1v) is 7.28. The minimum absolute atomic E-state index is 0. The van der Waals surface area contributed by atoms with Crippen molar-refractivity contribution >= 4 is 29.9 Å². The van der Waals surface area contributed by atoms with Gasteiger partial charge in [0.05, 0.1) is 6.04 Å². The zero-order valence-electron chi connectivity index (χ0n) is 11.7. The zero-order chi connectivity index (χ0) is 13.7. The van der Waals surface area contributed by atoms with E-state index in [9.17, 15) is 4.79 Å². The van der Waals surface area contributed by atoms with Crippen molar-refractivity contribution < 1.29 is 4.79 Å². The maximum absolute atomic E-state index is 11.9. The second-order valence-corrected chi connectivity index (χ2v) is 5.58. The largest absolute Gasteiger partial charge is 0.349 e. The first-order chi connectivity index (χ1) is 9.20. The molecule has 2 N–H and O–H groups in total. The fourth-order valence-electron chi connectivity index (χ4n) is 2.24. The number of amides is 1. The molecule has 1 unspecified atom stereocenters. The van der Waals surface area contributed by atoms with E-state index >= 15 is 0 Å². The molecule has 3 nitrogen and oxygen atoms in total. The lowest BCUT2D eigenvalue weighted by molar-refractivity contribution is -0.122. The lowest BCUT2D eigenvalue weighted by Crippen LogP contribution is -2.30. The van der Waals surface area contributed by atoms with Crippen LogP contribution in [0.2, 0.25) is 5.02 Å². The topological polar surface area (TPSA) is 41.1 Å². The molecule has 0 aromatic heterocycles. The maximum atomic E-state index is 11.9. The Labute approximate surface area is 131 Å². The number of rotatable bonds is 7. The predicted molar refractivity (Wildman–Crippen MR) is 85.5 cm³/mol. The summed E-state index contributed by atoms with van der Waals surface area (Å²) in [4.78, 5) is 11.9. The monoisotopic (exact) mass is 316 g/mol. The standard InChI is InChI=1S/C15H21ClN2O.ClH/c1-17-10-2-3-14(19)18-15(11-4-5-11)12-6-8-13(16)9-7-12;/h6-9,11,15,17H,2-5,10H2,1H3,(H,18,19);1H. The van der Waals surface area contributed by atoms with Gasteiger partial charge in [-0.25, -0.2) is 0 Å². The summed E-state index contributed by atoms with van der Waals surface area (Å²) in [5.74, 6) is 0.733. The molecule has 2 rings (SSSR count). The summed E-state index contributed by atoms with van der Waals surface area (Å²) in [6.07, 6.45) is 3.85. The molecular formula is C15H22Cl2N2O. The van der Waals surface area contributed by atoms with E-state index in [1.165, 1.54) is 12.8 Å². The van der Waals surface area contributed by atoms with Gasteiger partial charge in [-0.3, -0.25) is 4.79 Å². The Morgan fingerprint density at radius 1 is 1.35 bits per heavy atom. The van der Waals surface area contributed by atoms with Crippen molar-refractivity contribution in [1.82, 2.24) is 10.6 Å². The van der Waals surface area contributed by atoms with Crippen LogP contribution in [-0.2, 0) is 4.79 Å². The third-order valence-electron chi connectivity index (χ3n) is 3.47. The quantitative estimate of drug-likeness (QED) is 0.758. The van der Waals surface area contributed by atoms with Crippen LogP contribution >= 0.6 is 24.0 Å². The molecule has 1 amide bonds. The zero-order valence-corrected chi connectivity index (χ0v) is 13.3. The van der Waals surface area contributed by atoms with Crippen LogP contribution in [0, 0.1) is 5.92 Å². The van der Waals surface area contributed by atoms with Crippen LogP contribution in [0.4, 0.5) is 0 Å². The molecule has 0 spiro atoms. The summed E-state index contributed by atoms with van der Waals surface area (Å²) >= 11 is 5.91. The summed E-state index contributed by atoms with van der Waals surface area (Å²) < 4.78 is 0. The van der Waals surface area contributed by atoms with Gasteiger partial charge < -0.3 is 10.6 Å². The summed E-state index contributed by atoms with van der Waals surface area (Å²) in [6.45, 7) is 0.877. The average Bonchev–Trinajstić information content (AvgIpc) is 3.22. The second kappa shape index (κ2) is 8.50. The average molecular weight is 317 g/mol. The Hall–Kier alpha value is -0.770. The van der Waals surface area contributed by atoms with E-state index in [2.05, 4.69) is 10.6 Å². The molecule has 112 valence electrons. The summed E-state index contributed by atoms with van der Waals surface area (Å²) in [5.41, 5.74) is 1.16. The Morgan fingerprint density at radius 2 is 2.00 bits per heavy atom. The first-order valence-electron chi connectivity index (χ1n) is 6.90. The molecule has 0 bridgehead atoms. The van der Waals surface area contributed by atoms with Gasteiger partial charge in [0, 0.05) is 11.4 Å². The second-order valence-electron chi connectivity index (χ2n) is 5.14. The molecular weight excluding hydrogens is 295 g/mol. The van der Waals surface area contributed by atoms with Crippen LogP contribution in [0.5, 0.6) is 0 Å². The van der Waals surface area contributed by atoms with Crippen molar-refractivity contribution in [3.63, 3.8) is 0 Å². The number of hydrogen-bond donors (Lipinski definition) is 2. The van der Waals surface area contributed by atoms with Crippen molar-refractivity contribution in [3.8, 4) is 0 Å². The molecule has 5 heteroatoms. The Morgan fingerprint density at radius 3 is 2.55 bits per heavy atom. The number of benzene rings is 1. The number of nitrogens with one attached hydrogen (secondary N) is 2. The normalized spacial score (nSPS) is 15.3. The van der Waals surface area contributed by atoms with Gasteiger partial charge in [0.15, 0.2) is 0 Å². The number of halogens is 2. The highest BCUT2D eigenvalue weighted by molar-refractivity contribution is 6.30. The molecule has 1 saturated carbocycles. The highest BCUT2D eigenvalue weighted by Gasteiger charge is 2.33.